The predicted octanol–water partition coefficient (Wildman–Crippen LogP) is 6.09. The summed E-state index contributed by atoms with van der Waals surface area (Å²) in [5, 5.41) is -0.0872. The minimum Gasteiger partial charge on any atom is -0.445 e. The SMILES string of the molecule is CN(C(=O)OCc1cc(Cl)cc(C(F)(F)F)c1)C1CCc2ccc(C3=CCN(C(=O)CN4C(=O)CSC4=S)CC3)cc21. The van der Waals surface area contributed by atoms with E-state index >= 15 is 0 Å². The summed E-state index contributed by atoms with van der Waals surface area (Å²) in [7, 11) is 1.62. The lowest BCUT2D eigenvalue weighted by molar-refractivity contribution is -0.137. The highest BCUT2D eigenvalue weighted by Crippen LogP contribution is 2.38. The fraction of sp³-hybridized carbons (Fsp3) is 0.379. The number of nitrogens with zero attached hydrogens (tertiary/aromatic N) is 3. The van der Waals surface area contributed by atoms with Crippen LogP contribution in [-0.2, 0) is 33.5 Å². The molecule has 1 aliphatic carbocycles. The monoisotopic (exact) mass is 637 g/mol. The molecule has 42 heavy (non-hydrogen) atoms. The van der Waals surface area contributed by atoms with Gasteiger partial charge >= 0.3 is 12.3 Å². The summed E-state index contributed by atoms with van der Waals surface area (Å²) in [5.74, 6) is -0.0224. The van der Waals surface area contributed by atoms with Gasteiger partial charge in [0.15, 0.2) is 0 Å². The van der Waals surface area contributed by atoms with Gasteiger partial charge in [0, 0.05) is 25.2 Å². The maximum atomic E-state index is 13.1. The van der Waals surface area contributed by atoms with Crippen molar-refractivity contribution in [3.63, 3.8) is 0 Å². The van der Waals surface area contributed by atoms with E-state index < -0.39 is 17.8 Å². The Kier molecular flexibility index (Phi) is 8.86. The van der Waals surface area contributed by atoms with Crippen LogP contribution in [0.15, 0.2) is 42.5 Å². The lowest BCUT2D eigenvalue weighted by Crippen LogP contribution is -2.43. The Hall–Kier alpha value is -3.09. The Morgan fingerprint density at radius 1 is 1.19 bits per heavy atom. The summed E-state index contributed by atoms with van der Waals surface area (Å²) in [6, 6.07) is 8.99. The molecule has 1 atom stereocenters. The van der Waals surface area contributed by atoms with Gasteiger partial charge in [0.05, 0.1) is 17.4 Å². The number of alkyl halides is 3. The van der Waals surface area contributed by atoms with E-state index in [1.165, 1.54) is 27.6 Å². The Morgan fingerprint density at radius 3 is 2.64 bits per heavy atom. The first-order valence-electron chi connectivity index (χ1n) is 13.2. The van der Waals surface area contributed by atoms with Crippen LogP contribution in [0.3, 0.4) is 0 Å². The second-order valence-corrected chi connectivity index (χ2v) is 12.4. The summed E-state index contributed by atoms with van der Waals surface area (Å²) in [6.45, 7) is 0.546. The molecule has 0 N–H and O–H groups in total. The topological polar surface area (TPSA) is 70.2 Å². The molecule has 1 fully saturated rings. The molecule has 0 spiro atoms. The number of benzene rings is 2. The Bertz CT molecular complexity index is 1470. The number of thioether (sulfide) groups is 1. The van der Waals surface area contributed by atoms with Crippen molar-refractivity contribution in [3.05, 3.63) is 75.3 Å². The molecule has 2 aliphatic heterocycles. The third-order valence-corrected chi connectivity index (χ3v) is 9.31. The van der Waals surface area contributed by atoms with E-state index in [2.05, 4.69) is 6.07 Å². The van der Waals surface area contributed by atoms with Crippen molar-refractivity contribution in [2.45, 2.75) is 38.1 Å². The number of thiocarbonyl (C=S) groups is 1. The molecule has 13 heteroatoms. The second kappa shape index (κ2) is 12.3. The van der Waals surface area contributed by atoms with Gasteiger partial charge in [0.2, 0.25) is 11.8 Å². The fourth-order valence-corrected chi connectivity index (χ4v) is 6.71. The Labute approximate surface area is 255 Å². The number of rotatable bonds is 6. The lowest BCUT2D eigenvalue weighted by atomic mass is 9.95. The summed E-state index contributed by atoms with van der Waals surface area (Å²) < 4.78 is 45.2. The standard InChI is InChI=1S/C29H27ClF3N3O4S2/c1-34(27(39)40-15-17-10-21(29(31,32)33)13-22(30)11-17)24-5-4-19-2-3-20(12-23(19)24)18-6-8-35(9-7-18)25(37)14-36-26(38)16-42-28(36)41/h2-3,6,10-13,24H,4-5,7-9,14-16H2,1H3. The molecule has 7 nitrogen and oxygen atoms in total. The van der Waals surface area contributed by atoms with Gasteiger partial charge in [-0.3, -0.25) is 14.5 Å². The molecule has 2 aromatic rings. The molecule has 3 aliphatic rings. The van der Waals surface area contributed by atoms with Crippen molar-refractivity contribution in [2.24, 2.45) is 0 Å². The Balaban J connectivity index is 1.22. The molecule has 2 aromatic carbocycles. The van der Waals surface area contributed by atoms with Gasteiger partial charge in [0.25, 0.3) is 0 Å². The molecule has 0 saturated carbocycles. The minimum absolute atomic E-state index is 0.0440. The highest BCUT2D eigenvalue weighted by Gasteiger charge is 2.33. The Morgan fingerprint density at radius 2 is 1.98 bits per heavy atom. The van der Waals surface area contributed by atoms with Crippen molar-refractivity contribution in [1.29, 1.82) is 0 Å². The third-order valence-electron chi connectivity index (χ3n) is 7.66. The first-order chi connectivity index (χ1) is 19.9. The average molecular weight is 638 g/mol. The summed E-state index contributed by atoms with van der Waals surface area (Å²) in [6.07, 6.45) is -1.10. The zero-order valence-electron chi connectivity index (χ0n) is 22.6. The van der Waals surface area contributed by atoms with E-state index in [0.717, 1.165) is 40.8 Å². The maximum Gasteiger partial charge on any atom is 0.416 e. The molecular weight excluding hydrogens is 611 g/mol. The molecule has 0 radical (unpaired) electrons. The number of carbonyl (C=O) groups is 3. The number of hydrogen-bond acceptors (Lipinski definition) is 6. The van der Waals surface area contributed by atoms with Crippen molar-refractivity contribution >= 4 is 63.4 Å². The molecule has 0 aromatic heterocycles. The van der Waals surface area contributed by atoms with Crippen molar-refractivity contribution in [3.8, 4) is 0 Å². The first-order valence-corrected chi connectivity index (χ1v) is 15.0. The maximum absolute atomic E-state index is 13.1. The van der Waals surface area contributed by atoms with E-state index in [1.54, 1.807) is 11.9 Å². The predicted molar refractivity (Wildman–Crippen MR) is 158 cm³/mol. The van der Waals surface area contributed by atoms with E-state index in [1.807, 2.05) is 18.2 Å². The molecule has 222 valence electrons. The average Bonchev–Trinajstić information content (AvgIpc) is 3.52. The van der Waals surface area contributed by atoms with Crippen LogP contribution in [0.2, 0.25) is 5.02 Å². The molecule has 5 rings (SSSR count). The smallest absolute Gasteiger partial charge is 0.416 e. The number of fused-ring (bicyclic) bond motifs is 1. The zero-order valence-corrected chi connectivity index (χ0v) is 25.0. The number of aryl methyl sites for hydroxylation is 1. The van der Waals surface area contributed by atoms with Crippen molar-refractivity contribution < 1.29 is 32.3 Å². The van der Waals surface area contributed by atoms with Crippen molar-refractivity contribution in [1.82, 2.24) is 14.7 Å². The van der Waals surface area contributed by atoms with E-state index in [-0.39, 0.29) is 47.3 Å². The van der Waals surface area contributed by atoms with E-state index in [0.29, 0.717) is 30.3 Å². The van der Waals surface area contributed by atoms with Crippen LogP contribution in [-0.4, -0.2) is 69.4 Å². The minimum atomic E-state index is -4.56. The summed E-state index contributed by atoms with van der Waals surface area (Å²) in [5.41, 5.74) is 3.44. The van der Waals surface area contributed by atoms with Gasteiger partial charge in [0.1, 0.15) is 17.5 Å². The number of ether oxygens (including phenoxy) is 1. The zero-order chi connectivity index (χ0) is 30.2. The molecule has 1 unspecified atom stereocenters. The van der Waals surface area contributed by atoms with Crippen LogP contribution >= 0.6 is 35.6 Å². The normalized spacial score (nSPS) is 18.7. The van der Waals surface area contributed by atoms with Gasteiger partial charge in [-0.15, -0.1) is 0 Å². The number of amides is 3. The molecule has 1 saturated heterocycles. The highest BCUT2D eigenvalue weighted by atomic mass is 35.5. The van der Waals surface area contributed by atoms with E-state index in [4.69, 9.17) is 28.6 Å². The molecule has 0 bridgehead atoms. The van der Waals surface area contributed by atoms with Gasteiger partial charge < -0.3 is 14.5 Å². The lowest BCUT2D eigenvalue weighted by Gasteiger charge is -2.29. The fourth-order valence-electron chi connectivity index (χ4n) is 5.38. The van der Waals surface area contributed by atoms with Gasteiger partial charge in [-0.25, -0.2) is 4.79 Å². The second-order valence-electron chi connectivity index (χ2n) is 10.3. The summed E-state index contributed by atoms with van der Waals surface area (Å²) >= 11 is 12.3. The summed E-state index contributed by atoms with van der Waals surface area (Å²) in [4.78, 5) is 42.2. The van der Waals surface area contributed by atoms with Crippen LogP contribution in [0.25, 0.3) is 5.57 Å². The number of hydrogen-bond donors (Lipinski definition) is 0. The molecule has 3 amide bonds. The van der Waals surface area contributed by atoms with Gasteiger partial charge in [-0.05, 0) is 71.4 Å². The first kappa shape index (κ1) is 30.4. The number of carbonyl (C=O) groups excluding carboxylic acids is 3. The van der Waals surface area contributed by atoms with Crippen LogP contribution < -0.4 is 0 Å². The van der Waals surface area contributed by atoms with Gasteiger partial charge in [-0.1, -0.05) is 53.8 Å². The van der Waals surface area contributed by atoms with Crippen LogP contribution in [0.4, 0.5) is 18.0 Å². The van der Waals surface area contributed by atoms with Crippen LogP contribution in [0.1, 0.15) is 46.7 Å². The largest absolute Gasteiger partial charge is 0.445 e. The highest BCUT2D eigenvalue weighted by molar-refractivity contribution is 8.23. The van der Waals surface area contributed by atoms with Gasteiger partial charge in [-0.2, -0.15) is 13.2 Å². The molecule has 2 heterocycles. The van der Waals surface area contributed by atoms with Crippen molar-refractivity contribution in [2.75, 3.05) is 32.4 Å². The molecular formula is C29H27ClF3N3O4S2. The quantitative estimate of drug-likeness (QED) is 0.357. The van der Waals surface area contributed by atoms with Crippen LogP contribution in [0.5, 0.6) is 0 Å². The van der Waals surface area contributed by atoms with Crippen LogP contribution in [0, 0.1) is 0 Å². The van der Waals surface area contributed by atoms with E-state index in [9.17, 15) is 27.6 Å². The third kappa shape index (κ3) is 6.60. The number of halogens is 4.